The van der Waals surface area contributed by atoms with Crippen LogP contribution < -0.4 is 4.72 Å². The largest absolute Gasteiger partial charge is 0.392 e. The normalized spacial score (nSPS) is 13.3. The zero-order chi connectivity index (χ0) is 14.8. The molecular weight excluding hydrogens is 301 g/mol. The predicted molar refractivity (Wildman–Crippen MR) is 75.4 cm³/mol. The zero-order valence-electron chi connectivity index (χ0n) is 10.7. The molecule has 1 aromatic carbocycles. The molecule has 7 heteroatoms. The Morgan fingerprint density at radius 2 is 2.15 bits per heavy atom. The van der Waals surface area contributed by atoms with Crippen molar-refractivity contribution in [3.8, 4) is 0 Å². The van der Waals surface area contributed by atoms with Gasteiger partial charge in [-0.3, -0.25) is 0 Å². The quantitative estimate of drug-likeness (QED) is 0.890. The third-order valence-corrected chi connectivity index (χ3v) is 5.38. The lowest BCUT2D eigenvalue weighted by molar-refractivity contribution is 0.281. The fraction of sp³-hybridized carbons (Fsp3) is 0.231. The molecule has 2 N–H and O–H groups in total. The fourth-order valence-electron chi connectivity index (χ4n) is 1.74. The summed E-state index contributed by atoms with van der Waals surface area (Å²) in [5, 5.41) is 10.9. The maximum atomic E-state index is 13.7. The minimum Gasteiger partial charge on any atom is -0.392 e. The predicted octanol–water partition coefficient (Wildman–Crippen LogP) is 2.42. The lowest BCUT2D eigenvalue weighted by atomic mass is 10.2. The highest BCUT2D eigenvalue weighted by Gasteiger charge is 2.22. The van der Waals surface area contributed by atoms with Crippen molar-refractivity contribution in [2.24, 2.45) is 0 Å². The number of hydrogen-bond acceptors (Lipinski definition) is 4. The molecule has 0 saturated heterocycles. The van der Waals surface area contributed by atoms with Gasteiger partial charge in [0.25, 0.3) is 0 Å². The maximum absolute atomic E-state index is 13.7. The summed E-state index contributed by atoms with van der Waals surface area (Å²) in [7, 11) is -3.98. The van der Waals surface area contributed by atoms with Gasteiger partial charge >= 0.3 is 0 Å². The molecule has 0 amide bonds. The van der Waals surface area contributed by atoms with E-state index in [1.54, 1.807) is 13.0 Å². The monoisotopic (exact) mass is 315 g/mol. The number of aliphatic hydroxyl groups excluding tert-OH is 1. The average molecular weight is 315 g/mol. The number of rotatable bonds is 5. The van der Waals surface area contributed by atoms with Crippen molar-refractivity contribution in [2.45, 2.75) is 24.5 Å². The van der Waals surface area contributed by atoms with Gasteiger partial charge in [-0.1, -0.05) is 12.1 Å². The number of thiophene rings is 1. The molecule has 1 heterocycles. The molecule has 4 nitrogen and oxygen atoms in total. The first kappa shape index (κ1) is 15.1. The van der Waals surface area contributed by atoms with Crippen LogP contribution in [0.25, 0.3) is 0 Å². The Morgan fingerprint density at radius 3 is 2.75 bits per heavy atom. The van der Waals surface area contributed by atoms with E-state index < -0.39 is 26.8 Å². The maximum Gasteiger partial charge on any atom is 0.244 e. The first-order chi connectivity index (χ1) is 9.44. The van der Waals surface area contributed by atoms with Crippen LogP contribution in [0, 0.1) is 5.82 Å². The van der Waals surface area contributed by atoms with E-state index in [1.165, 1.54) is 17.4 Å². The van der Waals surface area contributed by atoms with Crippen LogP contribution in [0.3, 0.4) is 0 Å². The molecule has 0 bridgehead atoms. The molecule has 0 aliphatic carbocycles. The van der Waals surface area contributed by atoms with Gasteiger partial charge in [-0.05, 0) is 36.1 Å². The molecule has 2 aromatic rings. The van der Waals surface area contributed by atoms with Gasteiger partial charge in [0.15, 0.2) is 0 Å². The topological polar surface area (TPSA) is 66.4 Å². The molecule has 20 heavy (non-hydrogen) atoms. The Balaban J connectivity index is 2.31. The van der Waals surface area contributed by atoms with Crippen molar-refractivity contribution in [1.82, 2.24) is 4.72 Å². The Bertz CT molecular complexity index is 684. The summed E-state index contributed by atoms with van der Waals surface area (Å²) < 4.78 is 40.5. The SMILES string of the molecule is CC(NS(=O)(=O)c1cc(CO)ccc1F)c1cccs1. The van der Waals surface area contributed by atoms with Gasteiger partial charge in [0.1, 0.15) is 10.7 Å². The van der Waals surface area contributed by atoms with Crippen molar-refractivity contribution in [3.05, 3.63) is 52.0 Å². The van der Waals surface area contributed by atoms with Gasteiger partial charge in [0, 0.05) is 4.88 Å². The van der Waals surface area contributed by atoms with Crippen molar-refractivity contribution in [2.75, 3.05) is 0 Å². The van der Waals surface area contributed by atoms with Crippen molar-refractivity contribution in [3.63, 3.8) is 0 Å². The number of hydrogen-bond donors (Lipinski definition) is 2. The second-order valence-electron chi connectivity index (χ2n) is 4.28. The van der Waals surface area contributed by atoms with Crippen LogP contribution in [0.15, 0.2) is 40.6 Å². The highest BCUT2D eigenvalue weighted by molar-refractivity contribution is 7.89. The van der Waals surface area contributed by atoms with Gasteiger partial charge in [0.2, 0.25) is 10.0 Å². The van der Waals surface area contributed by atoms with E-state index in [-0.39, 0.29) is 6.61 Å². The molecule has 1 atom stereocenters. The van der Waals surface area contributed by atoms with E-state index in [0.29, 0.717) is 5.56 Å². The van der Waals surface area contributed by atoms with Gasteiger partial charge < -0.3 is 5.11 Å². The molecule has 0 fully saturated rings. The van der Waals surface area contributed by atoms with Crippen LogP contribution in [0.1, 0.15) is 23.4 Å². The Labute approximate surface area is 120 Å². The fourth-order valence-corrected chi connectivity index (χ4v) is 3.90. The number of sulfonamides is 1. The molecule has 1 aromatic heterocycles. The third kappa shape index (κ3) is 3.24. The summed E-state index contributed by atoms with van der Waals surface area (Å²) in [5.41, 5.74) is 0.343. The minimum absolute atomic E-state index is 0.343. The molecule has 0 saturated carbocycles. The smallest absolute Gasteiger partial charge is 0.244 e. The van der Waals surface area contributed by atoms with Gasteiger partial charge in [-0.2, -0.15) is 0 Å². The van der Waals surface area contributed by atoms with Gasteiger partial charge in [-0.15, -0.1) is 11.3 Å². The van der Waals surface area contributed by atoms with Crippen LogP contribution in [-0.2, 0) is 16.6 Å². The number of nitrogens with one attached hydrogen (secondary N) is 1. The second-order valence-corrected chi connectivity index (χ2v) is 6.94. The molecule has 0 aliphatic rings. The van der Waals surface area contributed by atoms with Crippen molar-refractivity contribution in [1.29, 1.82) is 0 Å². The van der Waals surface area contributed by atoms with E-state index in [9.17, 15) is 12.8 Å². The van der Waals surface area contributed by atoms with Crippen LogP contribution in [0.2, 0.25) is 0 Å². The van der Waals surface area contributed by atoms with E-state index >= 15 is 0 Å². The minimum atomic E-state index is -3.98. The summed E-state index contributed by atoms with van der Waals surface area (Å²) in [6, 6.07) is 6.69. The van der Waals surface area contributed by atoms with E-state index in [1.807, 2.05) is 11.4 Å². The summed E-state index contributed by atoms with van der Waals surface area (Å²) in [5.74, 6) is -0.840. The highest BCUT2D eigenvalue weighted by atomic mass is 32.2. The highest BCUT2D eigenvalue weighted by Crippen LogP contribution is 2.22. The lowest BCUT2D eigenvalue weighted by Gasteiger charge is -2.13. The molecule has 1 unspecified atom stereocenters. The Hall–Kier alpha value is -1.28. The first-order valence-electron chi connectivity index (χ1n) is 5.89. The first-order valence-corrected chi connectivity index (χ1v) is 8.25. The van der Waals surface area contributed by atoms with Crippen molar-refractivity contribution >= 4 is 21.4 Å². The van der Waals surface area contributed by atoms with E-state index in [4.69, 9.17) is 5.11 Å². The molecule has 0 spiro atoms. The molecule has 0 radical (unpaired) electrons. The molecule has 108 valence electrons. The second kappa shape index (κ2) is 6.01. The number of aliphatic hydroxyl groups is 1. The Kier molecular flexibility index (Phi) is 4.54. The van der Waals surface area contributed by atoms with Crippen LogP contribution in [-0.4, -0.2) is 13.5 Å². The summed E-state index contributed by atoms with van der Waals surface area (Å²) in [4.78, 5) is 0.389. The summed E-state index contributed by atoms with van der Waals surface area (Å²) in [6.07, 6.45) is 0. The summed E-state index contributed by atoms with van der Waals surface area (Å²) >= 11 is 1.42. The Morgan fingerprint density at radius 1 is 1.40 bits per heavy atom. The molecule has 2 rings (SSSR count). The number of benzene rings is 1. The molecule has 0 aliphatic heterocycles. The number of halogens is 1. The third-order valence-electron chi connectivity index (χ3n) is 2.77. The standard InChI is InChI=1S/C13H14FNO3S2/c1-9(12-3-2-6-19-12)15-20(17,18)13-7-10(8-16)4-5-11(13)14/h2-7,9,15-16H,8H2,1H3. The summed E-state index contributed by atoms with van der Waals surface area (Å²) in [6.45, 7) is 1.35. The van der Waals surface area contributed by atoms with Crippen molar-refractivity contribution < 1.29 is 17.9 Å². The van der Waals surface area contributed by atoms with Crippen LogP contribution in [0.5, 0.6) is 0 Å². The van der Waals surface area contributed by atoms with E-state index in [2.05, 4.69) is 4.72 Å². The lowest BCUT2D eigenvalue weighted by Crippen LogP contribution is -2.27. The van der Waals surface area contributed by atoms with E-state index in [0.717, 1.165) is 17.0 Å². The van der Waals surface area contributed by atoms with Crippen LogP contribution >= 0.6 is 11.3 Å². The van der Waals surface area contributed by atoms with Gasteiger partial charge in [-0.25, -0.2) is 17.5 Å². The zero-order valence-corrected chi connectivity index (χ0v) is 12.3. The van der Waals surface area contributed by atoms with Gasteiger partial charge in [0.05, 0.1) is 12.6 Å². The van der Waals surface area contributed by atoms with Crippen LogP contribution in [0.4, 0.5) is 4.39 Å². The average Bonchev–Trinajstić information content (AvgIpc) is 2.92. The molecular formula is C13H14FNO3S2.